The highest BCUT2D eigenvalue weighted by Gasteiger charge is 2.34. The molecule has 7 heteroatoms. The average molecular weight is 345 g/mol. The summed E-state index contributed by atoms with van der Waals surface area (Å²) in [5, 5.41) is 5.22. The van der Waals surface area contributed by atoms with Crippen LogP contribution in [0.4, 0.5) is 0 Å². The standard InChI is InChI=1S/C17H23N5OS/c1-3-22-12(2)13(10-18-22)9-15-16(23)19-17(24-15)21-8-7-20-6-4-5-14(20)11-21/h9-10,14H,3-8,11H2,1-2H3/b15-9+/t14-/m1/s1. The van der Waals surface area contributed by atoms with E-state index >= 15 is 0 Å². The number of piperazine rings is 1. The first-order valence-corrected chi connectivity index (χ1v) is 9.51. The summed E-state index contributed by atoms with van der Waals surface area (Å²) in [5.74, 6) is -0.118. The zero-order chi connectivity index (χ0) is 16.7. The molecule has 2 saturated heterocycles. The summed E-state index contributed by atoms with van der Waals surface area (Å²) >= 11 is 1.51. The smallest absolute Gasteiger partial charge is 0.286 e. The Bertz CT molecular complexity index is 723. The second-order valence-corrected chi connectivity index (χ2v) is 7.60. The SMILES string of the molecule is CCn1ncc(/C=C2/SC(N3CCN4CCC[C@@H]4C3)=NC2=O)c1C. The maximum atomic E-state index is 12.3. The van der Waals surface area contributed by atoms with Gasteiger partial charge in [0.05, 0.1) is 11.1 Å². The van der Waals surface area contributed by atoms with Crippen molar-refractivity contribution in [3.05, 3.63) is 22.4 Å². The number of carbonyl (C=O) groups excluding carboxylic acids is 1. The molecule has 0 spiro atoms. The molecule has 4 heterocycles. The molecular weight excluding hydrogens is 322 g/mol. The third-order valence-electron chi connectivity index (χ3n) is 5.19. The number of rotatable bonds is 2. The molecule has 2 fully saturated rings. The molecular formula is C17H23N5OS. The van der Waals surface area contributed by atoms with Gasteiger partial charge < -0.3 is 4.90 Å². The van der Waals surface area contributed by atoms with Crippen LogP contribution in [0.25, 0.3) is 6.08 Å². The van der Waals surface area contributed by atoms with E-state index in [4.69, 9.17) is 0 Å². The molecule has 1 aromatic rings. The van der Waals surface area contributed by atoms with Gasteiger partial charge in [-0.2, -0.15) is 10.1 Å². The van der Waals surface area contributed by atoms with E-state index < -0.39 is 0 Å². The number of amidine groups is 1. The lowest BCUT2D eigenvalue weighted by Crippen LogP contribution is -2.51. The van der Waals surface area contributed by atoms with Crippen LogP contribution in [0.15, 0.2) is 16.1 Å². The van der Waals surface area contributed by atoms with Crippen LogP contribution in [0.5, 0.6) is 0 Å². The molecule has 0 N–H and O–H groups in total. The van der Waals surface area contributed by atoms with Crippen molar-refractivity contribution in [1.29, 1.82) is 0 Å². The molecule has 128 valence electrons. The van der Waals surface area contributed by atoms with Crippen LogP contribution in [0.2, 0.25) is 0 Å². The Morgan fingerprint density at radius 1 is 1.38 bits per heavy atom. The van der Waals surface area contributed by atoms with Crippen LogP contribution in [-0.4, -0.2) is 62.9 Å². The highest BCUT2D eigenvalue weighted by molar-refractivity contribution is 8.18. The minimum Gasteiger partial charge on any atom is -0.348 e. The van der Waals surface area contributed by atoms with Gasteiger partial charge in [-0.25, -0.2) is 0 Å². The molecule has 4 rings (SSSR count). The van der Waals surface area contributed by atoms with E-state index in [1.165, 1.54) is 31.1 Å². The van der Waals surface area contributed by atoms with Gasteiger partial charge in [0, 0.05) is 43.5 Å². The molecule has 1 amide bonds. The highest BCUT2D eigenvalue weighted by Crippen LogP contribution is 2.32. The first-order valence-electron chi connectivity index (χ1n) is 8.69. The summed E-state index contributed by atoms with van der Waals surface area (Å²) in [6.07, 6.45) is 6.32. The molecule has 0 unspecified atom stereocenters. The van der Waals surface area contributed by atoms with Crippen LogP contribution in [0.1, 0.15) is 31.0 Å². The fourth-order valence-electron chi connectivity index (χ4n) is 3.76. The van der Waals surface area contributed by atoms with Gasteiger partial charge in [-0.3, -0.25) is 14.4 Å². The number of hydrogen-bond donors (Lipinski definition) is 0. The van der Waals surface area contributed by atoms with Crippen molar-refractivity contribution in [2.45, 2.75) is 39.3 Å². The minimum absolute atomic E-state index is 0.118. The second kappa shape index (κ2) is 6.37. The average Bonchev–Trinajstić information content (AvgIpc) is 3.27. The molecule has 0 aromatic carbocycles. The van der Waals surface area contributed by atoms with E-state index in [9.17, 15) is 4.79 Å². The van der Waals surface area contributed by atoms with E-state index in [0.29, 0.717) is 10.9 Å². The maximum Gasteiger partial charge on any atom is 0.286 e. The Morgan fingerprint density at radius 3 is 3.04 bits per heavy atom. The Morgan fingerprint density at radius 2 is 2.25 bits per heavy atom. The quantitative estimate of drug-likeness (QED) is 0.767. The van der Waals surface area contributed by atoms with Crippen LogP contribution in [-0.2, 0) is 11.3 Å². The number of aryl methyl sites for hydroxylation is 1. The van der Waals surface area contributed by atoms with E-state index in [-0.39, 0.29) is 5.91 Å². The number of aromatic nitrogens is 2. The normalized spacial score (nSPS) is 26.3. The van der Waals surface area contributed by atoms with Crippen LogP contribution >= 0.6 is 11.8 Å². The molecule has 0 saturated carbocycles. The summed E-state index contributed by atoms with van der Waals surface area (Å²) in [4.78, 5) is 22.2. The molecule has 3 aliphatic rings. The second-order valence-electron chi connectivity index (χ2n) is 6.59. The fraction of sp³-hybridized carbons (Fsp3) is 0.588. The Hall–Kier alpha value is -1.60. The van der Waals surface area contributed by atoms with Crippen molar-refractivity contribution < 1.29 is 4.79 Å². The number of amides is 1. The van der Waals surface area contributed by atoms with Crippen molar-refractivity contribution >= 4 is 28.9 Å². The molecule has 1 aromatic heterocycles. The van der Waals surface area contributed by atoms with Crippen molar-refractivity contribution in [1.82, 2.24) is 19.6 Å². The lowest BCUT2D eigenvalue weighted by molar-refractivity contribution is -0.113. The summed E-state index contributed by atoms with van der Waals surface area (Å²) in [5.41, 5.74) is 2.09. The first kappa shape index (κ1) is 15.9. The third kappa shape index (κ3) is 2.80. The Labute approximate surface area is 146 Å². The van der Waals surface area contributed by atoms with Gasteiger partial charge in [-0.15, -0.1) is 0 Å². The number of nitrogens with zero attached hydrogens (tertiary/aromatic N) is 5. The van der Waals surface area contributed by atoms with Crippen molar-refractivity contribution in [2.24, 2.45) is 4.99 Å². The predicted molar refractivity (Wildman–Crippen MR) is 96.8 cm³/mol. The van der Waals surface area contributed by atoms with Crippen molar-refractivity contribution in [2.75, 3.05) is 26.2 Å². The zero-order valence-electron chi connectivity index (χ0n) is 14.2. The maximum absolute atomic E-state index is 12.3. The molecule has 24 heavy (non-hydrogen) atoms. The molecule has 6 nitrogen and oxygen atoms in total. The van der Waals surface area contributed by atoms with Gasteiger partial charge in [0.15, 0.2) is 5.17 Å². The fourth-order valence-corrected chi connectivity index (χ4v) is 4.70. The van der Waals surface area contributed by atoms with Gasteiger partial charge in [-0.1, -0.05) is 0 Å². The van der Waals surface area contributed by atoms with Crippen LogP contribution < -0.4 is 0 Å². The molecule has 3 aliphatic heterocycles. The van der Waals surface area contributed by atoms with Gasteiger partial charge in [0.2, 0.25) is 0 Å². The molecule has 0 radical (unpaired) electrons. The van der Waals surface area contributed by atoms with Gasteiger partial charge in [0.1, 0.15) is 0 Å². The highest BCUT2D eigenvalue weighted by atomic mass is 32.2. The molecule has 0 aliphatic carbocycles. The van der Waals surface area contributed by atoms with E-state index in [1.807, 2.05) is 23.9 Å². The van der Waals surface area contributed by atoms with Gasteiger partial charge in [0.25, 0.3) is 5.91 Å². The van der Waals surface area contributed by atoms with Crippen LogP contribution in [0.3, 0.4) is 0 Å². The Kier molecular flexibility index (Phi) is 4.22. The number of hydrogen-bond acceptors (Lipinski definition) is 5. The first-order chi connectivity index (χ1) is 11.7. The summed E-state index contributed by atoms with van der Waals surface area (Å²) in [6, 6.07) is 0.634. The van der Waals surface area contributed by atoms with Crippen molar-refractivity contribution in [3.63, 3.8) is 0 Å². The number of thioether (sulfide) groups is 1. The third-order valence-corrected chi connectivity index (χ3v) is 6.24. The summed E-state index contributed by atoms with van der Waals surface area (Å²) in [7, 11) is 0. The van der Waals surface area contributed by atoms with Gasteiger partial charge in [-0.05, 0) is 51.1 Å². The number of fused-ring (bicyclic) bond motifs is 1. The topological polar surface area (TPSA) is 53.7 Å². The molecule has 1 atom stereocenters. The van der Waals surface area contributed by atoms with E-state index in [0.717, 1.165) is 42.6 Å². The minimum atomic E-state index is -0.118. The summed E-state index contributed by atoms with van der Waals surface area (Å²) < 4.78 is 1.94. The monoisotopic (exact) mass is 345 g/mol. The zero-order valence-corrected chi connectivity index (χ0v) is 15.1. The number of carbonyl (C=O) groups is 1. The Balaban J connectivity index is 1.48. The van der Waals surface area contributed by atoms with E-state index in [1.54, 1.807) is 0 Å². The lowest BCUT2D eigenvalue weighted by Gasteiger charge is -2.38. The number of aliphatic imine (C=N–C) groups is 1. The molecule has 0 bridgehead atoms. The van der Waals surface area contributed by atoms with E-state index in [2.05, 4.69) is 26.8 Å². The summed E-state index contributed by atoms with van der Waals surface area (Å²) in [6.45, 7) is 9.21. The van der Waals surface area contributed by atoms with Crippen LogP contribution in [0, 0.1) is 6.92 Å². The lowest BCUT2D eigenvalue weighted by atomic mass is 10.2. The largest absolute Gasteiger partial charge is 0.348 e. The van der Waals surface area contributed by atoms with Gasteiger partial charge >= 0.3 is 0 Å². The predicted octanol–water partition coefficient (Wildman–Crippen LogP) is 1.96. The van der Waals surface area contributed by atoms with Crippen molar-refractivity contribution in [3.8, 4) is 0 Å².